The first-order chi connectivity index (χ1) is 27.2. The normalized spacial score (nSPS) is 13.8. The molecule has 1 atom stereocenters. The van der Waals surface area contributed by atoms with Gasteiger partial charge in [0.25, 0.3) is 0 Å². The lowest BCUT2D eigenvalue weighted by Gasteiger charge is -2.26. The molecule has 12 nitrogen and oxygen atoms in total. The molecule has 1 saturated heterocycles. The number of nitrogens with two attached hydrogens (primary N) is 1. The van der Waals surface area contributed by atoms with Crippen LogP contribution in [0.5, 0.6) is 0 Å². The summed E-state index contributed by atoms with van der Waals surface area (Å²) in [5, 5.41) is 3.61. The highest BCUT2D eigenvalue weighted by Gasteiger charge is 2.20. The van der Waals surface area contributed by atoms with Crippen molar-refractivity contribution in [3.05, 3.63) is 102 Å². The van der Waals surface area contributed by atoms with E-state index in [0.717, 1.165) is 76.9 Å². The first-order valence-electron chi connectivity index (χ1n) is 19.5. The fourth-order valence-electron chi connectivity index (χ4n) is 7.20. The number of carbonyl (C=O) groups is 3. The average Bonchev–Trinajstić information content (AvgIpc) is 3.79. The summed E-state index contributed by atoms with van der Waals surface area (Å²) in [7, 11) is 0. The van der Waals surface area contributed by atoms with Gasteiger partial charge in [-0.15, -0.1) is 0 Å². The third-order valence-corrected chi connectivity index (χ3v) is 11.0. The van der Waals surface area contributed by atoms with Crippen LogP contribution < -0.4 is 16.0 Å². The minimum absolute atomic E-state index is 0.147. The Bertz CT molecular complexity index is 2020. The summed E-state index contributed by atoms with van der Waals surface area (Å²) in [6, 6.07) is 28.5. The summed E-state index contributed by atoms with van der Waals surface area (Å²) in [5.74, 6) is -0.195. The third-order valence-electron chi connectivity index (χ3n) is 9.98. The SMILES string of the molecule is CC(=O)OCCN(CCOC(C)=O)c1ccc(-c2nc3cc(C(CC(N)=O)NCc4cccn4Sc4ccccc4)ccc3n2CCCN2CCCCC2)cc1. The van der Waals surface area contributed by atoms with E-state index in [-0.39, 0.29) is 43.5 Å². The molecule has 3 heterocycles. The van der Waals surface area contributed by atoms with Crippen LogP contribution >= 0.6 is 11.9 Å². The summed E-state index contributed by atoms with van der Waals surface area (Å²) in [6.07, 6.45) is 7.00. The average molecular weight is 780 g/mol. The number of benzene rings is 3. The second kappa shape index (κ2) is 20.2. The van der Waals surface area contributed by atoms with E-state index < -0.39 is 0 Å². The van der Waals surface area contributed by atoms with Gasteiger partial charge in [0.2, 0.25) is 5.91 Å². The van der Waals surface area contributed by atoms with Crippen molar-refractivity contribution in [3.8, 4) is 11.4 Å². The van der Waals surface area contributed by atoms with Crippen LogP contribution in [0.15, 0.2) is 96.0 Å². The van der Waals surface area contributed by atoms with Gasteiger partial charge in [-0.1, -0.05) is 30.7 Å². The summed E-state index contributed by atoms with van der Waals surface area (Å²) in [6.45, 7) is 8.81. The van der Waals surface area contributed by atoms with E-state index in [1.807, 2.05) is 47.5 Å². The van der Waals surface area contributed by atoms with Gasteiger partial charge in [-0.2, -0.15) is 0 Å². The Hall–Kier alpha value is -5.11. The fourth-order valence-corrected chi connectivity index (χ4v) is 8.08. The number of primary amides is 1. The number of rotatable bonds is 20. The second-order valence-electron chi connectivity index (χ2n) is 14.1. The highest BCUT2D eigenvalue weighted by atomic mass is 32.2. The molecule has 5 aromatic rings. The molecule has 1 amide bonds. The molecular weight excluding hydrogens is 727 g/mol. The maximum Gasteiger partial charge on any atom is 0.302 e. The smallest absolute Gasteiger partial charge is 0.302 e. The van der Waals surface area contributed by atoms with Crippen molar-refractivity contribution >= 4 is 46.5 Å². The van der Waals surface area contributed by atoms with Crippen LogP contribution in [0.1, 0.15) is 63.3 Å². The molecule has 1 unspecified atom stereocenters. The summed E-state index contributed by atoms with van der Waals surface area (Å²) in [4.78, 5) is 46.2. The molecule has 0 bridgehead atoms. The van der Waals surface area contributed by atoms with Crippen LogP contribution in [0, 0.1) is 0 Å². The Balaban J connectivity index is 1.26. The maximum atomic E-state index is 12.4. The largest absolute Gasteiger partial charge is 0.464 e. The molecule has 56 heavy (non-hydrogen) atoms. The lowest BCUT2D eigenvalue weighted by atomic mass is 10.0. The Kier molecular flexibility index (Phi) is 14.6. The van der Waals surface area contributed by atoms with E-state index in [2.05, 4.69) is 67.3 Å². The molecule has 0 radical (unpaired) electrons. The molecule has 3 N–H and O–H groups in total. The van der Waals surface area contributed by atoms with Crippen molar-refractivity contribution < 1.29 is 23.9 Å². The van der Waals surface area contributed by atoms with Crippen molar-refractivity contribution in [3.63, 3.8) is 0 Å². The van der Waals surface area contributed by atoms with Gasteiger partial charge in [-0.3, -0.25) is 18.4 Å². The van der Waals surface area contributed by atoms with E-state index >= 15 is 0 Å². The van der Waals surface area contributed by atoms with E-state index in [9.17, 15) is 14.4 Å². The van der Waals surface area contributed by atoms with Crippen LogP contribution in [0.25, 0.3) is 22.4 Å². The van der Waals surface area contributed by atoms with Crippen LogP contribution in [0.4, 0.5) is 5.69 Å². The highest BCUT2D eigenvalue weighted by molar-refractivity contribution is 7.97. The molecule has 0 aliphatic carbocycles. The molecule has 1 aliphatic heterocycles. The van der Waals surface area contributed by atoms with Gasteiger partial charge < -0.3 is 34.9 Å². The zero-order valence-corrected chi connectivity index (χ0v) is 33.2. The fraction of sp³-hybridized carbons (Fsp3) is 0.395. The van der Waals surface area contributed by atoms with Gasteiger partial charge in [-0.05, 0) is 117 Å². The molecule has 3 aromatic carbocycles. The Morgan fingerprint density at radius 2 is 1.59 bits per heavy atom. The number of carbonyl (C=O) groups excluding carboxylic acids is 3. The topological polar surface area (TPSA) is 137 Å². The number of ether oxygens (including phenoxy) is 2. The lowest BCUT2D eigenvalue weighted by Crippen LogP contribution is -2.31. The Labute approximate surface area is 333 Å². The van der Waals surface area contributed by atoms with E-state index in [4.69, 9.17) is 20.2 Å². The second-order valence-corrected chi connectivity index (χ2v) is 15.2. The number of imidazole rings is 1. The zero-order valence-electron chi connectivity index (χ0n) is 32.4. The predicted molar refractivity (Wildman–Crippen MR) is 221 cm³/mol. The number of likely N-dealkylation sites (tertiary alicyclic amines) is 1. The number of piperidine rings is 1. The monoisotopic (exact) mass is 779 g/mol. The molecule has 0 saturated carbocycles. The molecule has 296 valence electrons. The number of esters is 2. The minimum atomic E-state index is -0.379. The number of nitrogens with one attached hydrogen (secondary N) is 1. The molecule has 1 aliphatic rings. The van der Waals surface area contributed by atoms with E-state index in [1.54, 1.807) is 11.9 Å². The summed E-state index contributed by atoms with van der Waals surface area (Å²) < 4.78 is 14.9. The maximum absolute atomic E-state index is 12.4. The number of hydrogen-bond donors (Lipinski definition) is 2. The summed E-state index contributed by atoms with van der Waals surface area (Å²) in [5.41, 5.74) is 11.6. The van der Waals surface area contributed by atoms with Gasteiger partial charge in [-0.25, -0.2) is 4.98 Å². The molecule has 13 heteroatoms. The minimum Gasteiger partial charge on any atom is -0.464 e. The van der Waals surface area contributed by atoms with Crippen LogP contribution in [-0.4, -0.2) is 82.2 Å². The molecule has 2 aromatic heterocycles. The lowest BCUT2D eigenvalue weighted by molar-refractivity contribution is -0.141. The Morgan fingerprint density at radius 1 is 0.875 bits per heavy atom. The van der Waals surface area contributed by atoms with Gasteiger partial charge >= 0.3 is 11.9 Å². The summed E-state index contributed by atoms with van der Waals surface area (Å²) >= 11 is 1.64. The van der Waals surface area contributed by atoms with Crippen molar-refractivity contribution in [2.75, 3.05) is 50.8 Å². The van der Waals surface area contributed by atoms with Gasteiger partial charge in [0, 0.05) is 67.4 Å². The number of aryl methyl sites for hydroxylation is 1. The molecule has 0 spiro atoms. The number of anilines is 1. The van der Waals surface area contributed by atoms with Crippen molar-refractivity contribution in [2.45, 2.75) is 70.0 Å². The number of aromatic nitrogens is 3. The van der Waals surface area contributed by atoms with E-state index in [0.29, 0.717) is 19.6 Å². The molecular formula is C43H53N7O5S. The number of hydrogen-bond acceptors (Lipinski definition) is 10. The van der Waals surface area contributed by atoms with E-state index in [1.165, 1.54) is 33.1 Å². The van der Waals surface area contributed by atoms with Crippen LogP contribution in [0.2, 0.25) is 0 Å². The predicted octanol–water partition coefficient (Wildman–Crippen LogP) is 6.58. The first kappa shape index (κ1) is 40.6. The number of fused-ring (bicyclic) bond motifs is 1. The standard InChI is InChI=1S/C43H53N7O5S/c1-32(51)54-27-25-48(26-28-55-33(2)52)36-17-14-34(15-18-36)43-46-40-29-35(16-19-41(40)49(43)23-10-22-47-20-7-4-8-21-47)39(30-42(44)53)45-31-37-11-9-24-50(37)56-38-12-5-3-6-13-38/h3,5-6,9,11-19,24,29,39,45H,4,7-8,10,20-23,25-28,30-31H2,1-2H3,(H2,44,53). The van der Waals surface area contributed by atoms with Crippen LogP contribution in [-0.2, 0) is 36.9 Å². The van der Waals surface area contributed by atoms with Crippen molar-refractivity contribution in [1.29, 1.82) is 0 Å². The quantitative estimate of drug-likeness (QED) is 0.0835. The van der Waals surface area contributed by atoms with Gasteiger partial charge in [0.05, 0.1) is 24.1 Å². The van der Waals surface area contributed by atoms with Crippen molar-refractivity contribution in [2.24, 2.45) is 5.73 Å². The van der Waals surface area contributed by atoms with Crippen LogP contribution in [0.3, 0.4) is 0 Å². The highest BCUT2D eigenvalue weighted by Crippen LogP contribution is 2.31. The first-order valence-corrected chi connectivity index (χ1v) is 20.3. The van der Waals surface area contributed by atoms with Gasteiger partial charge in [0.1, 0.15) is 19.0 Å². The molecule has 6 rings (SSSR count). The Morgan fingerprint density at radius 3 is 2.27 bits per heavy atom. The third kappa shape index (κ3) is 11.5. The number of amides is 1. The zero-order chi connectivity index (χ0) is 39.3. The van der Waals surface area contributed by atoms with Gasteiger partial charge in [0.15, 0.2) is 0 Å². The molecule has 1 fully saturated rings. The van der Waals surface area contributed by atoms with Crippen molar-refractivity contribution in [1.82, 2.24) is 23.7 Å². The number of nitrogens with zero attached hydrogens (tertiary/aromatic N) is 5.